The summed E-state index contributed by atoms with van der Waals surface area (Å²) >= 11 is 0. The summed E-state index contributed by atoms with van der Waals surface area (Å²) in [7, 11) is -1.73. The van der Waals surface area contributed by atoms with Gasteiger partial charge in [-0.2, -0.15) is 0 Å². The molecule has 2 heterocycles. The van der Waals surface area contributed by atoms with Crippen molar-refractivity contribution in [1.82, 2.24) is 15.1 Å². The zero-order valence-electron chi connectivity index (χ0n) is 17.5. The molecule has 1 aromatic carbocycles. The van der Waals surface area contributed by atoms with Gasteiger partial charge in [-0.05, 0) is 56.6 Å². The van der Waals surface area contributed by atoms with E-state index in [1.165, 1.54) is 12.8 Å². The number of aromatic nitrogens is 2. The lowest BCUT2D eigenvalue weighted by molar-refractivity contribution is 0.116. The summed E-state index contributed by atoms with van der Waals surface area (Å²) in [5, 5.41) is 8.82. The first kappa shape index (κ1) is 20.2. The topological polar surface area (TPSA) is 51.4 Å². The fraction of sp³-hybridized carbons (Fsp3) is 0.619. The van der Waals surface area contributed by atoms with E-state index in [0.717, 1.165) is 18.7 Å². The summed E-state index contributed by atoms with van der Waals surface area (Å²) in [5.41, 5.74) is 0.961. The van der Waals surface area contributed by atoms with E-state index < -0.39 is 8.32 Å². The Kier molecular flexibility index (Phi) is 5.89. The van der Waals surface area contributed by atoms with Crippen molar-refractivity contribution in [3.63, 3.8) is 0 Å². The average molecular weight is 388 g/mol. The molecule has 1 saturated heterocycles. The van der Waals surface area contributed by atoms with Crippen LogP contribution in [0.4, 0.5) is 0 Å². The summed E-state index contributed by atoms with van der Waals surface area (Å²) in [6, 6.07) is 10.5. The van der Waals surface area contributed by atoms with Crippen molar-refractivity contribution in [1.29, 1.82) is 0 Å². The zero-order chi connectivity index (χ0) is 19.7. The van der Waals surface area contributed by atoms with Crippen molar-refractivity contribution in [2.75, 3.05) is 13.2 Å². The Labute approximate surface area is 164 Å². The molecule has 0 unspecified atom stereocenters. The number of benzene rings is 1. The van der Waals surface area contributed by atoms with Crippen LogP contribution in [0, 0.1) is 0 Å². The third-order valence-corrected chi connectivity index (χ3v) is 10.7. The van der Waals surface area contributed by atoms with Gasteiger partial charge in [0.15, 0.2) is 8.32 Å². The van der Waals surface area contributed by atoms with Gasteiger partial charge in [-0.3, -0.25) is 4.90 Å². The van der Waals surface area contributed by atoms with Gasteiger partial charge >= 0.3 is 0 Å². The first-order valence-corrected chi connectivity index (χ1v) is 12.9. The van der Waals surface area contributed by atoms with E-state index >= 15 is 0 Å². The highest BCUT2D eigenvalue weighted by molar-refractivity contribution is 6.74. The molecule has 2 atom stereocenters. The highest BCUT2D eigenvalue weighted by Crippen LogP contribution is 2.38. The fourth-order valence-electron chi connectivity index (χ4n) is 3.31. The van der Waals surface area contributed by atoms with Gasteiger partial charge in [0.1, 0.15) is 0 Å². The lowest BCUT2D eigenvalue weighted by atomic mass is 10.2. The van der Waals surface area contributed by atoms with Crippen LogP contribution in [-0.4, -0.2) is 42.6 Å². The molecule has 1 fully saturated rings. The summed E-state index contributed by atoms with van der Waals surface area (Å²) < 4.78 is 12.5. The lowest BCUT2D eigenvalue weighted by Gasteiger charge is -2.38. The Balaban J connectivity index is 1.67. The maximum atomic E-state index is 6.50. The third kappa shape index (κ3) is 4.50. The normalized spacial score (nSPS) is 20.1. The van der Waals surface area contributed by atoms with Crippen LogP contribution in [0.2, 0.25) is 18.1 Å². The molecule has 0 N–H and O–H groups in total. The Morgan fingerprint density at radius 3 is 2.59 bits per heavy atom. The molecule has 5 nitrogen and oxygen atoms in total. The summed E-state index contributed by atoms with van der Waals surface area (Å²) in [6.07, 6.45) is 2.36. The lowest BCUT2D eigenvalue weighted by Crippen LogP contribution is -2.45. The van der Waals surface area contributed by atoms with E-state index in [2.05, 4.69) is 55.9 Å². The van der Waals surface area contributed by atoms with Crippen molar-refractivity contribution in [3.8, 4) is 11.5 Å². The molecule has 1 aromatic heterocycles. The second-order valence-electron chi connectivity index (χ2n) is 9.09. The van der Waals surface area contributed by atoms with E-state index in [4.69, 9.17) is 8.84 Å². The minimum atomic E-state index is -1.73. The van der Waals surface area contributed by atoms with Gasteiger partial charge in [-0.25, -0.2) is 0 Å². The molecule has 6 heteroatoms. The predicted octanol–water partition coefficient (Wildman–Crippen LogP) is 5.28. The number of rotatable bonds is 6. The molecule has 3 rings (SSSR count). The maximum Gasteiger partial charge on any atom is 0.247 e. The predicted molar refractivity (Wildman–Crippen MR) is 111 cm³/mol. The van der Waals surface area contributed by atoms with Gasteiger partial charge in [0.25, 0.3) is 0 Å². The smallest absolute Gasteiger partial charge is 0.247 e. The SMILES string of the molecule is C[C@H](c1nnc(-c2ccccc2)o1)N1CCC[C@H]1CO[Si](C)(C)C(C)(C)C. The van der Waals surface area contributed by atoms with E-state index in [0.29, 0.717) is 17.8 Å². The Hall–Kier alpha value is -1.50. The van der Waals surface area contributed by atoms with E-state index in [9.17, 15) is 0 Å². The molecule has 1 aliphatic rings. The minimum absolute atomic E-state index is 0.102. The van der Waals surface area contributed by atoms with Crippen LogP contribution in [0.5, 0.6) is 0 Å². The van der Waals surface area contributed by atoms with Gasteiger partial charge in [0.05, 0.1) is 6.04 Å². The van der Waals surface area contributed by atoms with Crippen LogP contribution >= 0.6 is 0 Å². The first-order valence-electron chi connectivity index (χ1n) is 9.97. The molecule has 0 bridgehead atoms. The molecule has 0 saturated carbocycles. The van der Waals surface area contributed by atoms with E-state index in [1.54, 1.807) is 0 Å². The molecule has 27 heavy (non-hydrogen) atoms. The summed E-state index contributed by atoms with van der Waals surface area (Å²) in [6.45, 7) is 15.5. The van der Waals surface area contributed by atoms with Crippen molar-refractivity contribution in [2.24, 2.45) is 0 Å². The molecular formula is C21H33N3O2Si. The van der Waals surface area contributed by atoms with E-state index in [1.807, 2.05) is 30.3 Å². The molecular weight excluding hydrogens is 354 g/mol. The fourth-order valence-corrected chi connectivity index (χ4v) is 4.35. The van der Waals surface area contributed by atoms with Crippen LogP contribution in [-0.2, 0) is 4.43 Å². The Morgan fingerprint density at radius 1 is 1.22 bits per heavy atom. The molecule has 0 aliphatic carbocycles. The number of likely N-dealkylation sites (tertiary alicyclic amines) is 1. The minimum Gasteiger partial charge on any atom is -0.419 e. The van der Waals surface area contributed by atoms with Crippen molar-refractivity contribution in [3.05, 3.63) is 36.2 Å². The molecule has 2 aromatic rings. The van der Waals surface area contributed by atoms with Crippen molar-refractivity contribution >= 4 is 8.32 Å². The molecule has 0 radical (unpaired) electrons. The maximum absolute atomic E-state index is 6.50. The van der Waals surface area contributed by atoms with Crippen LogP contribution in [0.15, 0.2) is 34.7 Å². The van der Waals surface area contributed by atoms with Gasteiger partial charge < -0.3 is 8.84 Å². The van der Waals surface area contributed by atoms with Crippen LogP contribution in [0.3, 0.4) is 0 Å². The Bertz CT molecular complexity index is 739. The quantitative estimate of drug-likeness (QED) is 0.631. The third-order valence-electron chi connectivity index (χ3n) is 6.18. The first-order chi connectivity index (χ1) is 12.7. The largest absolute Gasteiger partial charge is 0.419 e. The van der Waals surface area contributed by atoms with Gasteiger partial charge in [-0.1, -0.05) is 39.0 Å². The average Bonchev–Trinajstić information content (AvgIpc) is 3.29. The molecule has 1 aliphatic heterocycles. The standard InChI is InChI=1S/C21H33N3O2Si/c1-16(19-22-23-20(26-19)17-11-8-7-9-12-17)24-14-10-13-18(24)15-25-27(5,6)21(2,3)4/h7-9,11-12,16,18H,10,13-15H2,1-6H3/t16-,18+/m1/s1. The van der Waals surface area contributed by atoms with Crippen molar-refractivity contribution in [2.45, 2.75) is 70.8 Å². The molecule has 0 spiro atoms. The second-order valence-corrected chi connectivity index (χ2v) is 13.9. The van der Waals surface area contributed by atoms with E-state index in [-0.39, 0.29) is 11.1 Å². The van der Waals surface area contributed by atoms with Crippen LogP contribution < -0.4 is 0 Å². The Morgan fingerprint density at radius 2 is 1.93 bits per heavy atom. The molecule has 0 amide bonds. The summed E-state index contributed by atoms with van der Waals surface area (Å²) in [5.74, 6) is 1.28. The number of hydrogen-bond acceptors (Lipinski definition) is 5. The zero-order valence-corrected chi connectivity index (χ0v) is 18.5. The number of hydrogen-bond donors (Lipinski definition) is 0. The van der Waals surface area contributed by atoms with Crippen LogP contribution in [0.25, 0.3) is 11.5 Å². The monoisotopic (exact) mass is 387 g/mol. The van der Waals surface area contributed by atoms with Gasteiger partial charge in [0, 0.05) is 18.2 Å². The second kappa shape index (κ2) is 7.85. The highest BCUT2D eigenvalue weighted by atomic mass is 28.4. The van der Waals surface area contributed by atoms with Crippen LogP contribution in [0.1, 0.15) is 52.5 Å². The van der Waals surface area contributed by atoms with Gasteiger partial charge in [0.2, 0.25) is 11.8 Å². The van der Waals surface area contributed by atoms with Gasteiger partial charge in [-0.15, -0.1) is 10.2 Å². The summed E-state index contributed by atoms with van der Waals surface area (Å²) in [4.78, 5) is 2.47. The highest BCUT2D eigenvalue weighted by Gasteiger charge is 2.39. The molecule has 148 valence electrons. The van der Waals surface area contributed by atoms with Crippen molar-refractivity contribution < 1.29 is 8.84 Å². The number of nitrogens with zero attached hydrogens (tertiary/aromatic N) is 3.